The van der Waals surface area contributed by atoms with Gasteiger partial charge in [0.1, 0.15) is 0 Å². The first-order valence-corrected chi connectivity index (χ1v) is 11.3. The fourth-order valence-corrected chi connectivity index (χ4v) is 5.12. The summed E-state index contributed by atoms with van der Waals surface area (Å²) in [5.41, 5.74) is 0. The van der Waals surface area contributed by atoms with Crippen molar-refractivity contribution in [3.05, 3.63) is 0 Å². The molecule has 4 amide bonds. The van der Waals surface area contributed by atoms with E-state index in [1.807, 2.05) is 25.6 Å². The number of hydrogen-bond acceptors (Lipinski definition) is 4. The van der Waals surface area contributed by atoms with Crippen LogP contribution in [0.15, 0.2) is 0 Å². The van der Waals surface area contributed by atoms with E-state index in [1.165, 1.54) is 0 Å². The molecule has 0 aliphatic carbocycles. The zero-order valence-corrected chi connectivity index (χ0v) is 17.3. The molecule has 2 saturated heterocycles. The number of carbonyl (C=O) groups excluding carboxylic acids is 3. The second-order valence-electron chi connectivity index (χ2n) is 7.75. The van der Waals surface area contributed by atoms with Crippen LogP contribution in [0.3, 0.4) is 0 Å². The number of unbranched alkanes of at least 4 members (excludes halogenated alkanes) is 3. The minimum Gasteiger partial charge on any atom is -0.356 e. The summed E-state index contributed by atoms with van der Waals surface area (Å²) < 4.78 is 0. The Morgan fingerprint density at radius 3 is 2.59 bits per heavy atom. The topological polar surface area (TPSA) is 99.3 Å². The summed E-state index contributed by atoms with van der Waals surface area (Å²) in [6.07, 6.45) is 6.78. The lowest BCUT2D eigenvalue weighted by Gasteiger charge is -2.16. The molecule has 0 radical (unpaired) electrons. The third kappa shape index (κ3) is 7.99. The maximum atomic E-state index is 11.9. The van der Waals surface area contributed by atoms with Crippen molar-refractivity contribution in [2.24, 2.45) is 0 Å². The highest BCUT2D eigenvalue weighted by Crippen LogP contribution is 2.33. The number of urea groups is 1. The van der Waals surface area contributed by atoms with Crippen LogP contribution in [0, 0.1) is 0 Å². The van der Waals surface area contributed by atoms with Crippen LogP contribution in [0.25, 0.3) is 0 Å². The third-order valence-corrected chi connectivity index (χ3v) is 6.44. The van der Waals surface area contributed by atoms with Gasteiger partial charge in [-0.3, -0.25) is 9.59 Å². The van der Waals surface area contributed by atoms with Crippen molar-refractivity contribution in [1.29, 1.82) is 0 Å². The van der Waals surface area contributed by atoms with Gasteiger partial charge in [-0.15, -0.1) is 0 Å². The normalized spacial score (nSPS) is 23.7. The fourth-order valence-electron chi connectivity index (χ4n) is 3.57. The van der Waals surface area contributed by atoms with Crippen LogP contribution in [0.4, 0.5) is 4.79 Å². The van der Waals surface area contributed by atoms with Gasteiger partial charge in [0.2, 0.25) is 11.8 Å². The quantitative estimate of drug-likeness (QED) is 0.298. The molecule has 2 aliphatic heterocycles. The van der Waals surface area contributed by atoms with Crippen LogP contribution in [-0.4, -0.2) is 53.5 Å². The van der Waals surface area contributed by atoms with E-state index in [4.69, 9.17) is 0 Å². The van der Waals surface area contributed by atoms with Gasteiger partial charge in [-0.1, -0.05) is 12.8 Å². The molecule has 3 atom stereocenters. The first kappa shape index (κ1) is 21.9. The lowest BCUT2D eigenvalue weighted by atomic mass is 10.0. The molecule has 0 bridgehead atoms. The molecule has 1 unspecified atom stereocenters. The highest BCUT2D eigenvalue weighted by molar-refractivity contribution is 8.00. The van der Waals surface area contributed by atoms with Crippen molar-refractivity contribution in [3.63, 3.8) is 0 Å². The maximum absolute atomic E-state index is 11.9. The molecule has 2 fully saturated rings. The minimum atomic E-state index is -0.0461. The summed E-state index contributed by atoms with van der Waals surface area (Å²) in [5, 5.41) is 12.3. The van der Waals surface area contributed by atoms with Gasteiger partial charge in [-0.2, -0.15) is 11.8 Å². The van der Waals surface area contributed by atoms with Gasteiger partial charge >= 0.3 is 6.03 Å². The van der Waals surface area contributed by atoms with Crippen LogP contribution < -0.4 is 21.3 Å². The molecule has 7 nitrogen and oxygen atoms in total. The van der Waals surface area contributed by atoms with E-state index < -0.39 is 0 Å². The number of carbonyl (C=O) groups is 3. The molecule has 0 spiro atoms. The van der Waals surface area contributed by atoms with Crippen molar-refractivity contribution in [2.45, 2.75) is 88.6 Å². The molecule has 0 aromatic heterocycles. The van der Waals surface area contributed by atoms with Gasteiger partial charge in [0, 0.05) is 36.4 Å². The molecule has 2 aliphatic rings. The van der Waals surface area contributed by atoms with E-state index in [2.05, 4.69) is 21.3 Å². The van der Waals surface area contributed by atoms with Crippen LogP contribution in [0.5, 0.6) is 0 Å². The lowest BCUT2D eigenvalue weighted by molar-refractivity contribution is -0.122. The molecular weight excluding hydrogens is 364 g/mol. The Hall–Kier alpha value is -1.44. The minimum absolute atomic E-state index is 0.0461. The summed E-state index contributed by atoms with van der Waals surface area (Å²) in [7, 11) is 0. The predicted octanol–water partition coefficient (Wildman–Crippen LogP) is 1.91. The summed E-state index contributed by atoms with van der Waals surface area (Å²) >= 11 is 1.92. The molecule has 4 N–H and O–H groups in total. The van der Waals surface area contributed by atoms with E-state index in [0.29, 0.717) is 24.6 Å². The number of amides is 4. The zero-order valence-electron chi connectivity index (χ0n) is 16.5. The molecule has 0 aromatic carbocycles. The van der Waals surface area contributed by atoms with Crippen molar-refractivity contribution < 1.29 is 14.4 Å². The standard InChI is InChI=1S/C19H34N4O3S/c1-13(2)21-17(25)10-4-3-7-11-20-16(24)9-6-5-8-15-18-14(12-27-15)22-19(26)23-18/h13-15,18H,3-12H2,1-2H3,(H,20,24)(H,21,25)(H2,22,23,26)/t14?,15-,18-/m0/s1. The molecule has 154 valence electrons. The van der Waals surface area contributed by atoms with Crippen LogP contribution >= 0.6 is 11.8 Å². The Morgan fingerprint density at radius 1 is 1.07 bits per heavy atom. The lowest BCUT2D eigenvalue weighted by Crippen LogP contribution is -2.36. The molecule has 0 saturated carbocycles. The molecule has 0 aromatic rings. The monoisotopic (exact) mass is 398 g/mol. The average Bonchev–Trinajstić information content (AvgIpc) is 3.13. The van der Waals surface area contributed by atoms with Crippen molar-refractivity contribution in [1.82, 2.24) is 21.3 Å². The van der Waals surface area contributed by atoms with Gasteiger partial charge in [0.25, 0.3) is 0 Å². The molecule has 2 heterocycles. The fraction of sp³-hybridized carbons (Fsp3) is 0.842. The zero-order chi connectivity index (χ0) is 19.6. The molecular formula is C19H34N4O3S. The van der Waals surface area contributed by atoms with E-state index in [0.717, 1.165) is 44.3 Å². The number of hydrogen-bond donors (Lipinski definition) is 4. The smallest absolute Gasteiger partial charge is 0.315 e. The first-order valence-electron chi connectivity index (χ1n) is 10.2. The SMILES string of the molecule is CC(C)NC(=O)CCCCCNC(=O)CCCC[C@@H]1SCC2NC(=O)N[C@@H]21. The number of fused-ring (bicyclic) bond motifs is 1. The van der Waals surface area contributed by atoms with E-state index in [9.17, 15) is 14.4 Å². The van der Waals surface area contributed by atoms with Gasteiger partial charge in [0.05, 0.1) is 12.1 Å². The van der Waals surface area contributed by atoms with E-state index in [1.54, 1.807) is 0 Å². The molecule has 8 heteroatoms. The highest BCUT2D eigenvalue weighted by atomic mass is 32.2. The van der Waals surface area contributed by atoms with E-state index >= 15 is 0 Å². The molecule has 27 heavy (non-hydrogen) atoms. The summed E-state index contributed by atoms with van der Waals surface area (Å²) in [6, 6.07) is 0.667. The summed E-state index contributed by atoms with van der Waals surface area (Å²) in [5.74, 6) is 1.20. The third-order valence-electron chi connectivity index (χ3n) is 4.93. The van der Waals surface area contributed by atoms with Crippen LogP contribution in [0.2, 0.25) is 0 Å². The maximum Gasteiger partial charge on any atom is 0.315 e. The second-order valence-corrected chi connectivity index (χ2v) is 9.02. The Bertz CT molecular complexity index is 515. The average molecular weight is 399 g/mol. The summed E-state index contributed by atoms with van der Waals surface area (Å²) in [6.45, 7) is 4.60. The Kier molecular flexibility index (Phi) is 9.24. The predicted molar refractivity (Wildman–Crippen MR) is 109 cm³/mol. The van der Waals surface area contributed by atoms with Crippen LogP contribution in [0.1, 0.15) is 65.2 Å². The van der Waals surface area contributed by atoms with Gasteiger partial charge in [-0.05, 0) is 39.5 Å². The number of nitrogens with one attached hydrogen (secondary N) is 4. The summed E-state index contributed by atoms with van der Waals surface area (Å²) in [4.78, 5) is 34.7. The Morgan fingerprint density at radius 2 is 1.81 bits per heavy atom. The Balaban J connectivity index is 1.42. The van der Waals surface area contributed by atoms with Crippen molar-refractivity contribution in [3.8, 4) is 0 Å². The highest BCUT2D eigenvalue weighted by Gasteiger charge is 2.42. The molecule has 2 rings (SSSR count). The second kappa shape index (κ2) is 11.4. The van der Waals surface area contributed by atoms with Gasteiger partial charge in [-0.25, -0.2) is 4.79 Å². The number of thioether (sulfide) groups is 1. The largest absolute Gasteiger partial charge is 0.356 e. The van der Waals surface area contributed by atoms with Crippen LogP contribution in [-0.2, 0) is 9.59 Å². The number of rotatable bonds is 12. The van der Waals surface area contributed by atoms with Gasteiger partial charge in [0.15, 0.2) is 0 Å². The Labute approximate surface area is 166 Å². The first-order chi connectivity index (χ1) is 13.0. The van der Waals surface area contributed by atoms with E-state index in [-0.39, 0.29) is 36.0 Å². The van der Waals surface area contributed by atoms with Crippen molar-refractivity contribution >= 4 is 29.6 Å². The van der Waals surface area contributed by atoms with Crippen molar-refractivity contribution in [2.75, 3.05) is 12.3 Å². The van der Waals surface area contributed by atoms with Gasteiger partial charge < -0.3 is 21.3 Å².